The van der Waals surface area contributed by atoms with Crippen LogP contribution in [0, 0.1) is 5.82 Å². The summed E-state index contributed by atoms with van der Waals surface area (Å²) in [6.07, 6.45) is 0. The van der Waals surface area contributed by atoms with Gasteiger partial charge < -0.3 is 0 Å². The van der Waals surface area contributed by atoms with Crippen LogP contribution in [0.4, 0.5) is 4.39 Å². The second-order valence-electron chi connectivity index (χ2n) is 5.11. The van der Waals surface area contributed by atoms with E-state index in [1.165, 1.54) is 12.1 Å². The van der Waals surface area contributed by atoms with Gasteiger partial charge in [-0.3, -0.25) is 0 Å². The molecule has 0 aliphatic heterocycles. The number of hydrogen-bond acceptors (Lipinski definition) is 2. The highest BCUT2D eigenvalue weighted by Crippen LogP contribution is 2.28. The summed E-state index contributed by atoms with van der Waals surface area (Å²) in [6.45, 7) is 4.18. The van der Waals surface area contributed by atoms with E-state index < -0.39 is 0 Å². The van der Waals surface area contributed by atoms with Gasteiger partial charge in [-0.15, -0.1) is 0 Å². The number of halogens is 1. The molecule has 0 unspecified atom stereocenters. The molecule has 0 aliphatic carbocycles. The Labute approximate surface area is 117 Å². The summed E-state index contributed by atoms with van der Waals surface area (Å²) in [5, 5.41) is 0. The fourth-order valence-corrected chi connectivity index (χ4v) is 2.24. The fraction of sp³-hybridized carbons (Fsp3) is 0.176. The Bertz CT molecular complexity index is 749. The SMILES string of the molecule is CC(C)c1nc2ccccc2nc1-c1ccc(F)cc1. The largest absolute Gasteiger partial charge is 0.249 e. The maximum atomic E-state index is 13.1. The van der Waals surface area contributed by atoms with Crippen molar-refractivity contribution in [2.75, 3.05) is 0 Å². The average Bonchev–Trinajstić information content (AvgIpc) is 2.46. The van der Waals surface area contributed by atoms with E-state index in [9.17, 15) is 4.39 Å². The Morgan fingerprint density at radius 2 is 1.45 bits per heavy atom. The molecule has 1 aromatic heterocycles. The lowest BCUT2D eigenvalue weighted by molar-refractivity contribution is 0.628. The second kappa shape index (κ2) is 5.00. The molecule has 2 aromatic carbocycles. The van der Waals surface area contributed by atoms with E-state index >= 15 is 0 Å². The Morgan fingerprint density at radius 3 is 2.05 bits per heavy atom. The van der Waals surface area contributed by atoms with Crippen LogP contribution < -0.4 is 0 Å². The first-order chi connectivity index (χ1) is 9.65. The molecule has 0 aliphatic rings. The van der Waals surface area contributed by atoms with Crippen molar-refractivity contribution in [2.45, 2.75) is 19.8 Å². The van der Waals surface area contributed by atoms with Crippen molar-refractivity contribution in [2.24, 2.45) is 0 Å². The van der Waals surface area contributed by atoms with Gasteiger partial charge in [0.1, 0.15) is 5.82 Å². The average molecular weight is 266 g/mol. The summed E-state index contributed by atoms with van der Waals surface area (Å²) in [6, 6.07) is 14.2. The predicted octanol–water partition coefficient (Wildman–Crippen LogP) is 4.56. The number of rotatable bonds is 2. The smallest absolute Gasteiger partial charge is 0.123 e. The molecule has 3 aromatic rings. The summed E-state index contributed by atoms with van der Waals surface area (Å²) in [5.74, 6) is 0.0146. The highest BCUT2D eigenvalue weighted by atomic mass is 19.1. The molecule has 0 saturated carbocycles. The highest BCUT2D eigenvalue weighted by Gasteiger charge is 2.13. The molecule has 3 heteroatoms. The minimum absolute atomic E-state index is 0.242. The van der Waals surface area contributed by atoms with Crippen molar-refractivity contribution >= 4 is 11.0 Å². The molecule has 0 radical (unpaired) electrons. The van der Waals surface area contributed by atoms with Gasteiger partial charge in [0.15, 0.2) is 0 Å². The standard InChI is InChI=1S/C17H15FN2/c1-11(2)16-17(12-7-9-13(18)10-8-12)20-15-6-4-3-5-14(15)19-16/h3-11H,1-2H3. The predicted molar refractivity (Wildman–Crippen MR) is 79.0 cm³/mol. The van der Waals surface area contributed by atoms with Crippen LogP contribution in [-0.4, -0.2) is 9.97 Å². The Hall–Kier alpha value is -2.29. The normalized spacial score (nSPS) is 11.2. The van der Waals surface area contributed by atoms with E-state index in [1.807, 2.05) is 24.3 Å². The van der Waals surface area contributed by atoms with Gasteiger partial charge in [0.25, 0.3) is 0 Å². The third-order valence-corrected chi connectivity index (χ3v) is 3.26. The summed E-state index contributed by atoms with van der Waals surface area (Å²) in [7, 11) is 0. The molecule has 0 N–H and O–H groups in total. The minimum atomic E-state index is -0.242. The lowest BCUT2D eigenvalue weighted by Crippen LogP contribution is -2.00. The summed E-state index contributed by atoms with van der Waals surface area (Å²) in [5.41, 5.74) is 4.42. The van der Waals surface area contributed by atoms with Gasteiger partial charge in [-0.1, -0.05) is 26.0 Å². The van der Waals surface area contributed by atoms with Crippen LogP contribution in [0.1, 0.15) is 25.5 Å². The number of nitrogens with zero attached hydrogens (tertiary/aromatic N) is 2. The minimum Gasteiger partial charge on any atom is -0.249 e. The lowest BCUT2D eigenvalue weighted by Gasteiger charge is -2.12. The number of fused-ring (bicyclic) bond motifs is 1. The molecule has 0 saturated heterocycles. The van der Waals surface area contributed by atoms with Crippen LogP contribution in [-0.2, 0) is 0 Å². The van der Waals surface area contributed by atoms with Gasteiger partial charge in [-0.25, -0.2) is 14.4 Å². The first-order valence-electron chi connectivity index (χ1n) is 6.68. The van der Waals surface area contributed by atoms with Crippen LogP contribution in [0.15, 0.2) is 48.5 Å². The zero-order chi connectivity index (χ0) is 14.1. The van der Waals surface area contributed by atoms with E-state index in [-0.39, 0.29) is 11.7 Å². The zero-order valence-corrected chi connectivity index (χ0v) is 11.5. The molecule has 1 heterocycles. The molecule has 0 amide bonds. The lowest BCUT2D eigenvalue weighted by atomic mass is 10.0. The van der Waals surface area contributed by atoms with Crippen molar-refractivity contribution in [3.63, 3.8) is 0 Å². The fourth-order valence-electron chi connectivity index (χ4n) is 2.24. The number of aromatic nitrogens is 2. The van der Waals surface area contributed by atoms with Crippen molar-refractivity contribution < 1.29 is 4.39 Å². The van der Waals surface area contributed by atoms with Crippen molar-refractivity contribution in [3.05, 3.63) is 60.0 Å². The Kier molecular flexibility index (Phi) is 3.18. The Morgan fingerprint density at radius 1 is 0.850 bits per heavy atom. The molecule has 2 nitrogen and oxygen atoms in total. The van der Waals surface area contributed by atoms with Crippen LogP contribution in [0.25, 0.3) is 22.3 Å². The third-order valence-electron chi connectivity index (χ3n) is 3.26. The van der Waals surface area contributed by atoms with E-state index in [0.29, 0.717) is 0 Å². The van der Waals surface area contributed by atoms with Gasteiger partial charge >= 0.3 is 0 Å². The zero-order valence-electron chi connectivity index (χ0n) is 11.5. The van der Waals surface area contributed by atoms with Crippen molar-refractivity contribution in [3.8, 4) is 11.3 Å². The first-order valence-corrected chi connectivity index (χ1v) is 6.68. The van der Waals surface area contributed by atoms with E-state index in [0.717, 1.165) is 28.0 Å². The van der Waals surface area contributed by atoms with Crippen molar-refractivity contribution in [1.82, 2.24) is 9.97 Å². The number of para-hydroxylation sites is 2. The topological polar surface area (TPSA) is 25.8 Å². The summed E-state index contributed by atoms with van der Waals surface area (Å²) >= 11 is 0. The second-order valence-corrected chi connectivity index (χ2v) is 5.11. The van der Waals surface area contributed by atoms with E-state index in [2.05, 4.69) is 13.8 Å². The summed E-state index contributed by atoms with van der Waals surface area (Å²) < 4.78 is 13.1. The summed E-state index contributed by atoms with van der Waals surface area (Å²) in [4.78, 5) is 9.43. The van der Waals surface area contributed by atoms with Gasteiger partial charge in [0, 0.05) is 5.56 Å². The van der Waals surface area contributed by atoms with Gasteiger partial charge in [-0.05, 0) is 42.3 Å². The molecule has 3 rings (SSSR count). The van der Waals surface area contributed by atoms with Crippen LogP contribution in [0.2, 0.25) is 0 Å². The van der Waals surface area contributed by atoms with Crippen LogP contribution >= 0.6 is 0 Å². The third kappa shape index (κ3) is 2.27. The molecule has 0 bridgehead atoms. The van der Waals surface area contributed by atoms with Gasteiger partial charge in [-0.2, -0.15) is 0 Å². The van der Waals surface area contributed by atoms with Gasteiger partial charge in [0.05, 0.1) is 22.4 Å². The molecule has 100 valence electrons. The molecule has 0 fully saturated rings. The molecular formula is C17H15FN2. The van der Waals surface area contributed by atoms with Crippen molar-refractivity contribution in [1.29, 1.82) is 0 Å². The molecule has 20 heavy (non-hydrogen) atoms. The van der Waals surface area contributed by atoms with E-state index in [1.54, 1.807) is 12.1 Å². The van der Waals surface area contributed by atoms with Crippen LogP contribution in [0.5, 0.6) is 0 Å². The molecular weight excluding hydrogens is 251 g/mol. The maximum absolute atomic E-state index is 13.1. The Balaban J connectivity index is 2.26. The molecule has 0 spiro atoms. The monoisotopic (exact) mass is 266 g/mol. The van der Waals surface area contributed by atoms with E-state index in [4.69, 9.17) is 9.97 Å². The quantitative estimate of drug-likeness (QED) is 0.679. The number of hydrogen-bond donors (Lipinski definition) is 0. The first kappa shape index (κ1) is 12.7. The molecule has 0 atom stereocenters. The van der Waals surface area contributed by atoms with Crippen LogP contribution in [0.3, 0.4) is 0 Å². The number of benzene rings is 2. The highest BCUT2D eigenvalue weighted by molar-refractivity contribution is 5.78. The maximum Gasteiger partial charge on any atom is 0.123 e. The van der Waals surface area contributed by atoms with Gasteiger partial charge in [0.2, 0.25) is 0 Å².